The van der Waals surface area contributed by atoms with Crippen LogP contribution in [0.3, 0.4) is 0 Å². The molecular formula is C15H14ClNO4S. The van der Waals surface area contributed by atoms with Crippen molar-refractivity contribution < 1.29 is 17.9 Å². The van der Waals surface area contributed by atoms with Gasteiger partial charge in [0.15, 0.2) is 9.84 Å². The third-order valence-corrected chi connectivity index (χ3v) is 4.27. The van der Waals surface area contributed by atoms with E-state index < -0.39 is 15.7 Å². The van der Waals surface area contributed by atoms with Crippen LogP contribution in [0.2, 0.25) is 5.02 Å². The van der Waals surface area contributed by atoms with Gasteiger partial charge in [0.05, 0.1) is 17.6 Å². The number of benzene rings is 2. The summed E-state index contributed by atoms with van der Waals surface area (Å²) >= 11 is 5.89. The number of anilines is 1. The zero-order chi connectivity index (χ0) is 16.3. The fraction of sp³-hybridized carbons (Fsp3) is 0.133. The fourth-order valence-electron chi connectivity index (χ4n) is 1.86. The van der Waals surface area contributed by atoms with Crippen molar-refractivity contribution in [1.82, 2.24) is 0 Å². The summed E-state index contributed by atoms with van der Waals surface area (Å²) in [4.78, 5) is 12.4. The highest BCUT2D eigenvalue weighted by Gasteiger charge is 2.14. The standard InChI is InChI=1S/C15H14ClNO4S/c1-21-14-7-6-10(16)8-13(14)15(18)17-11-4-3-5-12(9-11)22(2,19)20/h3-9H,1-2H3,(H,17,18). The number of amides is 1. The lowest BCUT2D eigenvalue weighted by atomic mass is 10.2. The number of methoxy groups -OCH3 is 1. The summed E-state index contributed by atoms with van der Waals surface area (Å²) in [5.41, 5.74) is 0.634. The largest absolute Gasteiger partial charge is 0.496 e. The van der Waals surface area contributed by atoms with Gasteiger partial charge in [0, 0.05) is 17.0 Å². The van der Waals surface area contributed by atoms with Gasteiger partial charge in [-0.15, -0.1) is 0 Å². The third-order valence-electron chi connectivity index (χ3n) is 2.93. The molecule has 1 N–H and O–H groups in total. The van der Waals surface area contributed by atoms with Crippen molar-refractivity contribution in [2.45, 2.75) is 4.90 Å². The molecule has 0 saturated carbocycles. The first-order chi connectivity index (χ1) is 10.3. The first-order valence-corrected chi connectivity index (χ1v) is 8.53. The molecule has 0 unspecified atom stereocenters. The minimum Gasteiger partial charge on any atom is -0.496 e. The summed E-state index contributed by atoms with van der Waals surface area (Å²) in [5.74, 6) is -0.0637. The van der Waals surface area contributed by atoms with E-state index in [9.17, 15) is 13.2 Å². The van der Waals surface area contributed by atoms with Gasteiger partial charge in [0.1, 0.15) is 5.75 Å². The number of sulfone groups is 1. The molecule has 0 fully saturated rings. The van der Waals surface area contributed by atoms with Crippen molar-refractivity contribution in [2.24, 2.45) is 0 Å². The van der Waals surface area contributed by atoms with Crippen LogP contribution in [0.25, 0.3) is 0 Å². The molecule has 0 saturated heterocycles. The lowest BCUT2D eigenvalue weighted by Gasteiger charge is -2.10. The molecule has 0 atom stereocenters. The second-order valence-corrected chi connectivity index (χ2v) is 7.05. The highest BCUT2D eigenvalue weighted by molar-refractivity contribution is 7.90. The number of carbonyl (C=O) groups is 1. The Morgan fingerprint density at radius 3 is 2.55 bits per heavy atom. The lowest BCUT2D eigenvalue weighted by Crippen LogP contribution is -2.13. The topological polar surface area (TPSA) is 72.5 Å². The average Bonchev–Trinajstić information content (AvgIpc) is 2.46. The van der Waals surface area contributed by atoms with Gasteiger partial charge in [-0.25, -0.2) is 8.42 Å². The van der Waals surface area contributed by atoms with Crippen LogP contribution in [0.5, 0.6) is 5.75 Å². The number of ether oxygens (including phenoxy) is 1. The quantitative estimate of drug-likeness (QED) is 0.929. The Morgan fingerprint density at radius 1 is 1.18 bits per heavy atom. The van der Waals surface area contributed by atoms with E-state index in [2.05, 4.69) is 5.32 Å². The molecule has 2 aromatic carbocycles. The summed E-state index contributed by atoms with van der Waals surface area (Å²) in [7, 11) is -1.89. The Labute approximate surface area is 133 Å². The Bertz CT molecular complexity index is 818. The number of nitrogens with one attached hydrogen (secondary N) is 1. The van der Waals surface area contributed by atoms with Crippen molar-refractivity contribution in [1.29, 1.82) is 0 Å². The smallest absolute Gasteiger partial charge is 0.259 e. The van der Waals surface area contributed by atoms with Gasteiger partial charge in [-0.3, -0.25) is 4.79 Å². The molecule has 0 aromatic heterocycles. The van der Waals surface area contributed by atoms with Crippen molar-refractivity contribution >= 4 is 33.0 Å². The molecule has 0 aliphatic carbocycles. The molecule has 5 nitrogen and oxygen atoms in total. The van der Waals surface area contributed by atoms with E-state index >= 15 is 0 Å². The van der Waals surface area contributed by atoms with Crippen LogP contribution in [0.1, 0.15) is 10.4 Å². The van der Waals surface area contributed by atoms with Gasteiger partial charge in [-0.2, -0.15) is 0 Å². The molecule has 22 heavy (non-hydrogen) atoms. The second-order valence-electron chi connectivity index (χ2n) is 4.60. The summed E-state index contributed by atoms with van der Waals surface area (Å²) in [5, 5.41) is 3.03. The van der Waals surface area contributed by atoms with Gasteiger partial charge >= 0.3 is 0 Å². The van der Waals surface area contributed by atoms with E-state index in [1.165, 1.54) is 25.3 Å². The molecule has 116 valence electrons. The molecule has 0 radical (unpaired) electrons. The Morgan fingerprint density at radius 2 is 1.91 bits per heavy atom. The van der Waals surface area contributed by atoms with Gasteiger partial charge in [-0.05, 0) is 36.4 Å². The zero-order valence-electron chi connectivity index (χ0n) is 12.0. The van der Waals surface area contributed by atoms with Crippen molar-refractivity contribution in [3.8, 4) is 5.75 Å². The van der Waals surface area contributed by atoms with Crippen LogP contribution in [-0.4, -0.2) is 27.7 Å². The van der Waals surface area contributed by atoms with Crippen molar-refractivity contribution in [2.75, 3.05) is 18.7 Å². The minimum absolute atomic E-state index is 0.128. The maximum absolute atomic E-state index is 12.3. The number of hydrogen-bond acceptors (Lipinski definition) is 4. The Balaban J connectivity index is 2.32. The molecule has 0 aliphatic rings. The monoisotopic (exact) mass is 339 g/mol. The maximum Gasteiger partial charge on any atom is 0.259 e. The third kappa shape index (κ3) is 3.78. The SMILES string of the molecule is COc1ccc(Cl)cc1C(=O)Nc1cccc(S(C)(=O)=O)c1. The predicted octanol–water partition coefficient (Wildman–Crippen LogP) is 3.00. The van der Waals surface area contributed by atoms with Crippen molar-refractivity contribution in [3.05, 3.63) is 53.1 Å². The molecule has 0 bridgehead atoms. The van der Waals surface area contributed by atoms with Crippen LogP contribution >= 0.6 is 11.6 Å². The molecular weight excluding hydrogens is 326 g/mol. The molecule has 0 heterocycles. The van der Waals surface area contributed by atoms with Gasteiger partial charge in [-0.1, -0.05) is 17.7 Å². The highest BCUT2D eigenvalue weighted by Crippen LogP contribution is 2.24. The molecule has 1 amide bonds. The molecule has 2 aromatic rings. The van der Waals surface area contributed by atoms with E-state index in [1.54, 1.807) is 24.3 Å². The molecule has 0 spiro atoms. The Hall–Kier alpha value is -2.05. The maximum atomic E-state index is 12.3. The fourth-order valence-corrected chi connectivity index (χ4v) is 2.70. The zero-order valence-corrected chi connectivity index (χ0v) is 13.5. The van der Waals surface area contributed by atoms with E-state index in [0.717, 1.165) is 6.26 Å². The molecule has 2 rings (SSSR count). The number of hydrogen-bond donors (Lipinski definition) is 1. The summed E-state index contributed by atoms with van der Waals surface area (Å²) in [6.07, 6.45) is 1.11. The lowest BCUT2D eigenvalue weighted by molar-refractivity contribution is 0.102. The summed E-state index contributed by atoms with van der Waals surface area (Å²) in [6.45, 7) is 0. The summed E-state index contributed by atoms with van der Waals surface area (Å²) in [6, 6.07) is 10.7. The average molecular weight is 340 g/mol. The first kappa shape index (κ1) is 16.3. The highest BCUT2D eigenvalue weighted by atomic mass is 35.5. The first-order valence-electron chi connectivity index (χ1n) is 6.26. The number of halogens is 1. The van der Waals surface area contributed by atoms with Crippen molar-refractivity contribution in [3.63, 3.8) is 0 Å². The van der Waals surface area contributed by atoms with E-state index in [1.807, 2.05) is 0 Å². The van der Waals surface area contributed by atoms with E-state index in [-0.39, 0.29) is 10.5 Å². The van der Waals surface area contributed by atoms with Crippen LogP contribution < -0.4 is 10.1 Å². The molecule has 0 aliphatic heterocycles. The van der Waals surface area contributed by atoms with Crippen LogP contribution in [0.4, 0.5) is 5.69 Å². The second kappa shape index (κ2) is 6.37. The molecule has 7 heteroatoms. The van der Waals surface area contributed by atoms with E-state index in [0.29, 0.717) is 16.5 Å². The summed E-state index contributed by atoms with van der Waals surface area (Å²) < 4.78 is 28.2. The van der Waals surface area contributed by atoms with Gasteiger partial charge < -0.3 is 10.1 Å². The normalized spacial score (nSPS) is 11.0. The van der Waals surface area contributed by atoms with Crippen LogP contribution in [0, 0.1) is 0 Å². The number of rotatable bonds is 4. The van der Waals surface area contributed by atoms with Gasteiger partial charge in [0.25, 0.3) is 5.91 Å². The minimum atomic E-state index is -3.34. The Kier molecular flexibility index (Phi) is 4.73. The van der Waals surface area contributed by atoms with E-state index in [4.69, 9.17) is 16.3 Å². The predicted molar refractivity (Wildman–Crippen MR) is 85.5 cm³/mol. The van der Waals surface area contributed by atoms with Crippen LogP contribution in [-0.2, 0) is 9.84 Å². The van der Waals surface area contributed by atoms with Gasteiger partial charge in [0.2, 0.25) is 0 Å². The van der Waals surface area contributed by atoms with Crippen LogP contribution in [0.15, 0.2) is 47.4 Å². The number of carbonyl (C=O) groups excluding carboxylic acids is 1.